The van der Waals surface area contributed by atoms with Gasteiger partial charge in [0, 0.05) is 25.6 Å². The lowest BCUT2D eigenvalue weighted by atomic mass is 10.0. The molecule has 1 aromatic carbocycles. The lowest BCUT2D eigenvalue weighted by Crippen LogP contribution is -2.32. The number of urea groups is 1. The Kier molecular flexibility index (Phi) is 4.56. The van der Waals surface area contributed by atoms with Crippen LogP contribution in [-0.4, -0.2) is 39.7 Å². The highest BCUT2D eigenvalue weighted by molar-refractivity contribution is 5.89. The summed E-state index contributed by atoms with van der Waals surface area (Å²) in [7, 11) is 0. The van der Waals surface area contributed by atoms with Gasteiger partial charge in [0.2, 0.25) is 5.91 Å². The van der Waals surface area contributed by atoms with Crippen LogP contribution in [0.1, 0.15) is 24.6 Å². The van der Waals surface area contributed by atoms with Crippen LogP contribution in [-0.2, 0) is 4.79 Å². The zero-order valence-corrected chi connectivity index (χ0v) is 14.3. The SMILES string of the molecule is CC(=O)N1CC=C(c2nn(-c3ccccc3)c(NC(N)=O)c2C)CC1. The molecule has 25 heavy (non-hydrogen) atoms. The number of anilines is 1. The predicted molar refractivity (Wildman–Crippen MR) is 96.4 cm³/mol. The summed E-state index contributed by atoms with van der Waals surface area (Å²) >= 11 is 0. The van der Waals surface area contributed by atoms with E-state index in [4.69, 9.17) is 10.8 Å². The largest absolute Gasteiger partial charge is 0.351 e. The first-order valence-electron chi connectivity index (χ1n) is 8.13. The van der Waals surface area contributed by atoms with Crippen molar-refractivity contribution in [3.05, 3.63) is 47.7 Å². The van der Waals surface area contributed by atoms with Crippen molar-refractivity contribution in [1.82, 2.24) is 14.7 Å². The summed E-state index contributed by atoms with van der Waals surface area (Å²) in [5.74, 6) is 0.626. The molecule has 0 saturated heterocycles. The molecule has 7 heteroatoms. The van der Waals surface area contributed by atoms with E-state index in [-0.39, 0.29) is 5.91 Å². The number of amides is 3. The third kappa shape index (κ3) is 3.40. The maximum absolute atomic E-state index is 11.5. The second kappa shape index (κ2) is 6.80. The second-order valence-corrected chi connectivity index (χ2v) is 6.00. The summed E-state index contributed by atoms with van der Waals surface area (Å²) in [4.78, 5) is 24.7. The van der Waals surface area contributed by atoms with Gasteiger partial charge in [-0.3, -0.25) is 10.1 Å². The van der Waals surface area contributed by atoms with E-state index >= 15 is 0 Å². The Balaban J connectivity index is 2.03. The summed E-state index contributed by atoms with van der Waals surface area (Å²) in [5.41, 5.74) is 8.90. The highest BCUT2D eigenvalue weighted by atomic mass is 16.2. The van der Waals surface area contributed by atoms with Crippen molar-refractivity contribution in [3.8, 4) is 5.69 Å². The molecule has 3 N–H and O–H groups in total. The minimum Gasteiger partial charge on any atom is -0.351 e. The Morgan fingerprint density at radius 2 is 1.96 bits per heavy atom. The quantitative estimate of drug-likeness (QED) is 0.898. The average molecular weight is 339 g/mol. The molecular weight excluding hydrogens is 318 g/mol. The Bertz CT molecular complexity index is 839. The highest BCUT2D eigenvalue weighted by Gasteiger charge is 2.22. The lowest BCUT2D eigenvalue weighted by molar-refractivity contribution is -0.128. The van der Waals surface area contributed by atoms with Crippen LogP contribution >= 0.6 is 0 Å². The average Bonchev–Trinajstić information content (AvgIpc) is 2.92. The second-order valence-electron chi connectivity index (χ2n) is 6.00. The van der Waals surface area contributed by atoms with E-state index < -0.39 is 6.03 Å². The number of benzene rings is 1. The van der Waals surface area contributed by atoms with Gasteiger partial charge in [0.05, 0.1) is 11.4 Å². The number of carbonyl (C=O) groups is 2. The van der Waals surface area contributed by atoms with Crippen LogP contribution in [0.3, 0.4) is 0 Å². The number of primary amides is 1. The number of nitrogens with zero attached hydrogens (tertiary/aromatic N) is 3. The van der Waals surface area contributed by atoms with Crippen LogP contribution < -0.4 is 11.1 Å². The first-order chi connectivity index (χ1) is 12.0. The van der Waals surface area contributed by atoms with Gasteiger partial charge >= 0.3 is 6.03 Å². The highest BCUT2D eigenvalue weighted by Crippen LogP contribution is 2.30. The van der Waals surface area contributed by atoms with Gasteiger partial charge in [-0.25, -0.2) is 9.48 Å². The van der Waals surface area contributed by atoms with Crippen molar-refractivity contribution in [2.24, 2.45) is 5.73 Å². The number of rotatable bonds is 3. The van der Waals surface area contributed by atoms with E-state index in [0.29, 0.717) is 18.9 Å². The Morgan fingerprint density at radius 1 is 1.24 bits per heavy atom. The molecule has 0 aliphatic carbocycles. The molecule has 2 aromatic rings. The zero-order valence-electron chi connectivity index (χ0n) is 14.3. The van der Waals surface area contributed by atoms with Gasteiger partial charge in [0.25, 0.3) is 0 Å². The molecule has 3 amide bonds. The van der Waals surface area contributed by atoms with Crippen LogP contribution in [0.15, 0.2) is 36.4 Å². The van der Waals surface area contributed by atoms with Gasteiger partial charge in [-0.1, -0.05) is 24.3 Å². The molecule has 0 fully saturated rings. The molecule has 0 saturated carbocycles. The molecule has 2 heterocycles. The van der Waals surface area contributed by atoms with Gasteiger partial charge in [-0.15, -0.1) is 0 Å². The van der Waals surface area contributed by atoms with Gasteiger partial charge in [0.1, 0.15) is 5.82 Å². The fourth-order valence-electron chi connectivity index (χ4n) is 2.99. The summed E-state index contributed by atoms with van der Waals surface area (Å²) in [6, 6.07) is 8.92. The summed E-state index contributed by atoms with van der Waals surface area (Å²) in [6.07, 6.45) is 2.74. The topological polar surface area (TPSA) is 93.2 Å². The summed E-state index contributed by atoms with van der Waals surface area (Å²) in [5, 5.41) is 7.38. The van der Waals surface area contributed by atoms with Gasteiger partial charge < -0.3 is 10.6 Å². The van der Waals surface area contributed by atoms with Crippen molar-refractivity contribution in [2.45, 2.75) is 20.3 Å². The number of nitrogens with two attached hydrogens (primary N) is 1. The summed E-state index contributed by atoms with van der Waals surface area (Å²) in [6.45, 7) is 4.71. The predicted octanol–water partition coefficient (Wildman–Crippen LogP) is 2.31. The molecule has 0 unspecified atom stereocenters. The molecule has 0 spiro atoms. The maximum atomic E-state index is 11.5. The van der Waals surface area contributed by atoms with E-state index in [2.05, 4.69) is 5.32 Å². The zero-order chi connectivity index (χ0) is 18.0. The van der Waals surface area contributed by atoms with E-state index in [1.165, 1.54) is 0 Å². The third-order valence-corrected chi connectivity index (χ3v) is 4.32. The molecule has 0 bridgehead atoms. The van der Waals surface area contributed by atoms with E-state index in [9.17, 15) is 9.59 Å². The van der Waals surface area contributed by atoms with Crippen LogP contribution in [0.5, 0.6) is 0 Å². The monoisotopic (exact) mass is 339 g/mol. The van der Waals surface area contributed by atoms with Crippen LogP contribution in [0.25, 0.3) is 11.3 Å². The minimum atomic E-state index is -0.632. The lowest BCUT2D eigenvalue weighted by Gasteiger charge is -2.24. The van der Waals surface area contributed by atoms with Crippen molar-refractivity contribution in [2.75, 3.05) is 18.4 Å². The number of hydrogen-bond donors (Lipinski definition) is 2. The van der Waals surface area contributed by atoms with Gasteiger partial charge in [0.15, 0.2) is 0 Å². The smallest absolute Gasteiger partial charge is 0.317 e. The maximum Gasteiger partial charge on any atom is 0.317 e. The van der Waals surface area contributed by atoms with Crippen molar-refractivity contribution < 1.29 is 9.59 Å². The first-order valence-corrected chi connectivity index (χ1v) is 8.13. The van der Waals surface area contributed by atoms with Crippen LogP contribution in [0, 0.1) is 6.92 Å². The van der Waals surface area contributed by atoms with E-state index in [0.717, 1.165) is 28.9 Å². The Labute approximate surface area is 146 Å². The van der Waals surface area contributed by atoms with E-state index in [1.807, 2.05) is 43.3 Å². The van der Waals surface area contributed by atoms with Crippen molar-refractivity contribution in [1.29, 1.82) is 0 Å². The third-order valence-electron chi connectivity index (χ3n) is 4.32. The molecular formula is C18H21N5O2. The molecule has 1 aliphatic rings. The van der Waals surface area contributed by atoms with Crippen LogP contribution in [0.2, 0.25) is 0 Å². The Hall–Kier alpha value is -3.09. The number of nitrogens with one attached hydrogen (secondary N) is 1. The number of aromatic nitrogens is 2. The number of hydrogen-bond acceptors (Lipinski definition) is 3. The molecule has 130 valence electrons. The number of carbonyl (C=O) groups excluding carboxylic acids is 2. The molecule has 7 nitrogen and oxygen atoms in total. The standard InChI is InChI=1S/C18H21N5O2/c1-12-16(14-8-10-22(11-9-14)13(2)24)21-23(17(12)20-18(19)25)15-6-4-3-5-7-15/h3-8H,9-11H2,1-2H3,(H3,19,20,25). The summed E-state index contributed by atoms with van der Waals surface area (Å²) < 4.78 is 1.69. The fraction of sp³-hybridized carbons (Fsp3) is 0.278. The Morgan fingerprint density at radius 3 is 2.52 bits per heavy atom. The minimum absolute atomic E-state index is 0.0675. The molecule has 0 radical (unpaired) electrons. The van der Waals surface area contributed by atoms with Gasteiger partial charge in [-0.05, 0) is 31.1 Å². The first kappa shape index (κ1) is 16.8. The molecule has 3 rings (SSSR count). The number of para-hydroxylation sites is 1. The normalized spacial score (nSPS) is 14.2. The molecule has 1 aliphatic heterocycles. The molecule has 0 atom stereocenters. The van der Waals surface area contributed by atoms with Crippen molar-refractivity contribution >= 4 is 23.3 Å². The fourth-order valence-corrected chi connectivity index (χ4v) is 2.99. The van der Waals surface area contributed by atoms with Gasteiger partial charge in [-0.2, -0.15) is 5.10 Å². The molecule has 1 aromatic heterocycles. The van der Waals surface area contributed by atoms with Crippen LogP contribution in [0.4, 0.5) is 10.6 Å². The van der Waals surface area contributed by atoms with E-state index in [1.54, 1.807) is 16.5 Å². The van der Waals surface area contributed by atoms with Crippen molar-refractivity contribution in [3.63, 3.8) is 0 Å².